The molecule has 0 spiro atoms. The Kier molecular flexibility index (Phi) is 5.66. The first-order valence-electron chi connectivity index (χ1n) is 6.50. The lowest BCUT2D eigenvalue weighted by atomic mass is 10.2. The van der Waals surface area contributed by atoms with E-state index in [1.54, 1.807) is 30.0 Å². The highest BCUT2D eigenvalue weighted by molar-refractivity contribution is 7.98. The first kappa shape index (κ1) is 15.4. The second-order valence-electron chi connectivity index (χ2n) is 4.37. The number of rotatable bonds is 6. The van der Waals surface area contributed by atoms with Gasteiger partial charge in [-0.1, -0.05) is 12.1 Å². The van der Waals surface area contributed by atoms with E-state index in [9.17, 15) is 9.90 Å². The van der Waals surface area contributed by atoms with Crippen LogP contribution in [-0.4, -0.2) is 23.9 Å². The Morgan fingerprint density at radius 2 is 2.14 bits per heavy atom. The molecular weight excluding hydrogens is 286 g/mol. The molecule has 2 N–H and O–H groups in total. The minimum absolute atomic E-state index is 0.213. The first-order valence-corrected chi connectivity index (χ1v) is 7.72. The van der Waals surface area contributed by atoms with Gasteiger partial charge in [-0.3, -0.25) is 4.79 Å². The van der Waals surface area contributed by atoms with Crippen molar-refractivity contribution in [3.63, 3.8) is 0 Å². The van der Waals surface area contributed by atoms with Gasteiger partial charge >= 0.3 is 0 Å². The number of carbonyl (C=O) groups is 1. The second-order valence-corrected chi connectivity index (χ2v) is 5.25. The van der Waals surface area contributed by atoms with Gasteiger partial charge in [0, 0.05) is 11.0 Å². The summed E-state index contributed by atoms with van der Waals surface area (Å²) in [6.45, 7) is -0.213. The van der Waals surface area contributed by atoms with Gasteiger partial charge in [-0.25, -0.2) is 0 Å². The van der Waals surface area contributed by atoms with Crippen LogP contribution in [-0.2, 0) is 4.79 Å². The maximum absolute atomic E-state index is 11.8. The summed E-state index contributed by atoms with van der Waals surface area (Å²) < 4.78 is 5.17. The molecule has 1 aromatic heterocycles. The van der Waals surface area contributed by atoms with Crippen molar-refractivity contribution < 1.29 is 14.3 Å². The van der Waals surface area contributed by atoms with Crippen LogP contribution in [0.2, 0.25) is 0 Å². The van der Waals surface area contributed by atoms with Crippen molar-refractivity contribution in [1.82, 2.24) is 5.32 Å². The molecule has 0 aliphatic rings. The highest BCUT2D eigenvalue weighted by Crippen LogP contribution is 2.16. The van der Waals surface area contributed by atoms with Gasteiger partial charge < -0.3 is 14.8 Å². The van der Waals surface area contributed by atoms with E-state index >= 15 is 0 Å². The molecule has 21 heavy (non-hydrogen) atoms. The van der Waals surface area contributed by atoms with Crippen molar-refractivity contribution in [1.29, 1.82) is 0 Å². The third-order valence-electron chi connectivity index (χ3n) is 2.93. The number of furan rings is 1. The third-order valence-corrected chi connectivity index (χ3v) is 3.67. The maximum atomic E-state index is 11.8. The van der Waals surface area contributed by atoms with Crippen LogP contribution >= 0.6 is 11.8 Å². The normalized spacial score (nSPS) is 12.5. The molecule has 0 aliphatic carbocycles. The van der Waals surface area contributed by atoms with Gasteiger partial charge in [0.15, 0.2) is 0 Å². The van der Waals surface area contributed by atoms with Gasteiger partial charge in [0.2, 0.25) is 5.91 Å². The number of hydrogen-bond acceptors (Lipinski definition) is 4. The minimum Gasteiger partial charge on any atom is -0.467 e. The van der Waals surface area contributed by atoms with Crippen LogP contribution in [0.25, 0.3) is 6.08 Å². The predicted octanol–water partition coefficient (Wildman–Crippen LogP) is 2.86. The van der Waals surface area contributed by atoms with Crippen molar-refractivity contribution in [3.05, 3.63) is 60.1 Å². The van der Waals surface area contributed by atoms with Crippen LogP contribution < -0.4 is 5.32 Å². The van der Waals surface area contributed by atoms with E-state index in [2.05, 4.69) is 5.32 Å². The van der Waals surface area contributed by atoms with Crippen LogP contribution in [0.4, 0.5) is 0 Å². The third kappa shape index (κ3) is 4.51. The van der Waals surface area contributed by atoms with E-state index in [0.717, 1.165) is 5.56 Å². The zero-order valence-electron chi connectivity index (χ0n) is 11.7. The SMILES string of the molecule is CSc1ccc(/C=C/C(=O)NC(CO)c2ccco2)cc1. The number of aliphatic hydroxyl groups excluding tert-OH is 1. The van der Waals surface area contributed by atoms with Crippen molar-refractivity contribution in [2.24, 2.45) is 0 Å². The summed E-state index contributed by atoms with van der Waals surface area (Å²) in [4.78, 5) is 13.0. The van der Waals surface area contributed by atoms with Gasteiger partial charge in [0.1, 0.15) is 11.8 Å². The fourth-order valence-corrected chi connectivity index (χ4v) is 2.21. The average molecular weight is 303 g/mol. The molecule has 2 rings (SSSR count). The highest BCUT2D eigenvalue weighted by atomic mass is 32.2. The number of hydrogen-bond donors (Lipinski definition) is 2. The summed E-state index contributed by atoms with van der Waals surface area (Å²) in [6, 6.07) is 10.8. The predicted molar refractivity (Wildman–Crippen MR) is 83.9 cm³/mol. The van der Waals surface area contributed by atoms with Gasteiger partial charge in [0.05, 0.1) is 12.9 Å². The van der Waals surface area contributed by atoms with Crippen LogP contribution in [0, 0.1) is 0 Å². The Hall–Kier alpha value is -1.98. The van der Waals surface area contributed by atoms with Gasteiger partial charge in [0.25, 0.3) is 0 Å². The average Bonchev–Trinajstić information content (AvgIpc) is 3.05. The van der Waals surface area contributed by atoms with Gasteiger partial charge in [-0.15, -0.1) is 11.8 Å². The first-order chi connectivity index (χ1) is 10.2. The lowest BCUT2D eigenvalue weighted by Crippen LogP contribution is -2.28. The number of aliphatic hydroxyl groups is 1. The molecule has 0 saturated heterocycles. The standard InChI is InChI=1S/C16H17NO3S/c1-21-13-7-4-12(5-8-13)6-9-16(19)17-14(11-18)15-3-2-10-20-15/h2-10,14,18H,11H2,1H3,(H,17,19)/b9-6+. The Balaban J connectivity index is 1.95. The van der Waals surface area contributed by atoms with Crippen LogP contribution in [0.15, 0.2) is 58.1 Å². The van der Waals surface area contributed by atoms with E-state index in [1.165, 1.54) is 17.2 Å². The van der Waals surface area contributed by atoms with Gasteiger partial charge in [-0.05, 0) is 42.2 Å². The molecule has 1 atom stereocenters. The van der Waals surface area contributed by atoms with Crippen molar-refractivity contribution >= 4 is 23.7 Å². The summed E-state index contributed by atoms with van der Waals surface area (Å²) in [5.74, 6) is 0.253. The molecule has 1 unspecified atom stereocenters. The lowest BCUT2D eigenvalue weighted by Gasteiger charge is -2.12. The highest BCUT2D eigenvalue weighted by Gasteiger charge is 2.14. The molecule has 0 fully saturated rings. The molecule has 1 amide bonds. The number of carbonyl (C=O) groups excluding carboxylic acids is 1. The molecule has 0 saturated carbocycles. The quantitative estimate of drug-likeness (QED) is 0.636. The minimum atomic E-state index is -0.531. The molecular formula is C16H17NO3S. The topological polar surface area (TPSA) is 62.5 Å². The Bertz CT molecular complexity index is 590. The van der Waals surface area contributed by atoms with E-state index in [-0.39, 0.29) is 12.5 Å². The molecule has 2 aromatic rings. The van der Waals surface area contributed by atoms with E-state index in [0.29, 0.717) is 5.76 Å². The zero-order valence-corrected chi connectivity index (χ0v) is 12.5. The largest absolute Gasteiger partial charge is 0.467 e. The zero-order chi connectivity index (χ0) is 15.1. The van der Waals surface area contributed by atoms with E-state index < -0.39 is 6.04 Å². The van der Waals surface area contributed by atoms with Crippen LogP contribution in [0.3, 0.4) is 0 Å². The molecule has 1 aromatic carbocycles. The second kappa shape index (κ2) is 7.71. The monoisotopic (exact) mass is 303 g/mol. The fraction of sp³-hybridized carbons (Fsp3) is 0.188. The Morgan fingerprint density at radius 3 is 2.71 bits per heavy atom. The van der Waals surface area contributed by atoms with E-state index in [1.807, 2.05) is 30.5 Å². The molecule has 1 heterocycles. The van der Waals surface area contributed by atoms with Crippen molar-refractivity contribution in [2.45, 2.75) is 10.9 Å². The molecule has 0 aliphatic heterocycles. The number of amides is 1. The van der Waals surface area contributed by atoms with Gasteiger partial charge in [-0.2, -0.15) is 0 Å². The number of nitrogens with one attached hydrogen (secondary N) is 1. The molecule has 110 valence electrons. The summed E-state index contributed by atoms with van der Waals surface area (Å²) >= 11 is 1.67. The fourth-order valence-electron chi connectivity index (χ4n) is 1.80. The van der Waals surface area contributed by atoms with Crippen LogP contribution in [0.5, 0.6) is 0 Å². The number of thioether (sulfide) groups is 1. The Labute approximate surface area is 127 Å². The molecule has 5 heteroatoms. The maximum Gasteiger partial charge on any atom is 0.244 e. The Morgan fingerprint density at radius 1 is 1.38 bits per heavy atom. The summed E-state index contributed by atoms with van der Waals surface area (Å²) in [7, 11) is 0. The molecule has 0 bridgehead atoms. The number of benzene rings is 1. The van der Waals surface area contributed by atoms with Crippen molar-refractivity contribution in [3.8, 4) is 0 Å². The summed E-state index contributed by atoms with van der Waals surface area (Å²) in [5, 5.41) is 12.0. The molecule has 0 radical (unpaired) electrons. The van der Waals surface area contributed by atoms with Crippen molar-refractivity contribution in [2.75, 3.05) is 12.9 Å². The van der Waals surface area contributed by atoms with E-state index in [4.69, 9.17) is 4.42 Å². The lowest BCUT2D eigenvalue weighted by molar-refractivity contribution is -0.117. The summed E-state index contributed by atoms with van der Waals surface area (Å²) in [5.41, 5.74) is 0.946. The summed E-state index contributed by atoms with van der Waals surface area (Å²) in [6.07, 6.45) is 6.70. The molecule has 4 nitrogen and oxygen atoms in total. The van der Waals surface area contributed by atoms with Crippen LogP contribution in [0.1, 0.15) is 17.4 Å². The smallest absolute Gasteiger partial charge is 0.244 e.